The van der Waals surface area contributed by atoms with E-state index < -0.39 is 69.7 Å². The number of rotatable bonds is 8. The van der Waals surface area contributed by atoms with Crippen LogP contribution in [0.1, 0.15) is 96.1 Å². The third-order valence-corrected chi connectivity index (χ3v) is 11.4. The first kappa shape index (κ1) is 31.2. The van der Waals surface area contributed by atoms with Crippen LogP contribution in [-0.4, -0.2) is 61.1 Å². The molecular weight excluding hydrogens is 592 g/mol. The SMILES string of the molecule is CCC1CC2CC(C(=O)OC3C4OC(=O)C5C4OC3C5C(=O)Oc3c(C(C)C)cc(S(=O)(=O)O)cc3C(C)C)(CCC2=O)C1. The summed E-state index contributed by atoms with van der Waals surface area (Å²) in [5.74, 6) is -4.01. The Morgan fingerprint density at radius 2 is 1.70 bits per heavy atom. The van der Waals surface area contributed by atoms with Crippen LogP contribution in [0.25, 0.3) is 0 Å². The second-order valence-corrected chi connectivity index (χ2v) is 15.3. The Hall–Kier alpha value is -2.83. The summed E-state index contributed by atoms with van der Waals surface area (Å²) in [7, 11) is -4.53. The first-order chi connectivity index (χ1) is 20.6. The Kier molecular flexibility index (Phi) is 7.73. The molecular formula is C32H40O11S. The van der Waals surface area contributed by atoms with Crippen LogP contribution in [-0.2, 0) is 43.5 Å². The van der Waals surface area contributed by atoms with Gasteiger partial charge in [-0.15, -0.1) is 0 Å². The molecule has 0 spiro atoms. The predicted octanol–water partition coefficient (Wildman–Crippen LogP) is 4.11. The summed E-state index contributed by atoms with van der Waals surface area (Å²) in [6.07, 6.45) is -0.142. The molecule has 6 rings (SSSR count). The largest absolute Gasteiger partial charge is 0.455 e. The van der Waals surface area contributed by atoms with E-state index in [-0.39, 0.29) is 40.1 Å². The average Bonchev–Trinajstić information content (AvgIpc) is 3.58. The van der Waals surface area contributed by atoms with Gasteiger partial charge >= 0.3 is 17.9 Å². The van der Waals surface area contributed by atoms with Crippen LogP contribution in [0.2, 0.25) is 0 Å². The smallest absolute Gasteiger partial charge is 0.318 e. The van der Waals surface area contributed by atoms with Gasteiger partial charge in [-0.2, -0.15) is 8.42 Å². The molecule has 9 unspecified atom stereocenters. The van der Waals surface area contributed by atoms with E-state index in [0.29, 0.717) is 36.8 Å². The molecule has 240 valence electrons. The second kappa shape index (κ2) is 10.9. The molecule has 5 aliphatic rings. The Labute approximate surface area is 257 Å². The molecule has 1 aromatic rings. The topological polar surface area (TPSA) is 160 Å². The van der Waals surface area contributed by atoms with Gasteiger partial charge in [-0.25, -0.2) is 0 Å². The first-order valence-corrected chi connectivity index (χ1v) is 17.1. The van der Waals surface area contributed by atoms with Gasteiger partial charge in [0.25, 0.3) is 10.1 Å². The number of ether oxygens (including phenoxy) is 4. The van der Waals surface area contributed by atoms with Crippen LogP contribution >= 0.6 is 0 Å². The lowest BCUT2D eigenvalue weighted by atomic mass is 9.58. The average molecular weight is 633 g/mol. The summed E-state index contributed by atoms with van der Waals surface area (Å²) in [6.45, 7) is 9.26. The molecule has 2 saturated carbocycles. The maximum Gasteiger partial charge on any atom is 0.318 e. The Bertz CT molecular complexity index is 1480. The molecule has 0 radical (unpaired) electrons. The third kappa shape index (κ3) is 4.97. The molecule has 2 aliphatic carbocycles. The molecule has 11 nitrogen and oxygen atoms in total. The normalized spacial score (nSPS) is 35.7. The number of carbonyl (C=O) groups excluding carboxylic acids is 4. The number of hydrogen-bond acceptors (Lipinski definition) is 10. The van der Waals surface area contributed by atoms with Crippen molar-refractivity contribution in [2.24, 2.45) is 29.1 Å². The molecule has 1 aromatic carbocycles. The van der Waals surface area contributed by atoms with Gasteiger partial charge in [0.2, 0.25) is 0 Å². The molecule has 12 heteroatoms. The zero-order valence-corrected chi connectivity index (χ0v) is 26.4. The van der Waals surface area contributed by atoms with Gasteiger partial charge in [-0.1, -0.05) is 41.0 Å². The highest BCUT2D eigenvalue weighted by molar-refractivity contribution is 7.85. The minimum absolute atomic E-state index is 0.163. The number of benzene rings is 1. The Morgan fingerprint density at radius 1 is 1.05 bits per heavy atom. The fourth-order valence-corrected chi connectivity index (χ4v) is 8.75. The van der Waals surface area contributed by atoms with Crippen LogP contribution in [0.4, 0.5) is 0 Å². The number of hydrogen-bond donors (Lipinski definition) is 1. The summed E-state index contributed by atoms with van der Waals surface area (Å²) >= 11 is 0. The van der Waals surface area contributed by atoms with E-state index in [1.165, 1.54) is 12.1 Å². The van der Waals surface area contributed by atoms with Crippen molar-refractivity contribution in [2.45, 2.75) is 114 Å². The highest BCUT2D eigenvalue weighted by Gasteiger charge is 2.72. The summed E-state index contributed by atoms with van der Waals surface area (Å²) in [5, 5.41) is 0. The number of fused-ring (bicyclic) bond motifs is 3. The van der Waals surface area contributed by atoms with Crippen molar-refractivity contribution in [3.8, 4) is 5.75 Å². The molecule has 3 saturated heterocycles. The molecule has 3 heterocycles. The van der Waals surface area contributed by atoms with Crippen molar-refractivity contribution in [2.75, 3.05) is 0 Å². The minimum Gasteiger partial charge on any atom is -0.455 e. The van der Waals surface area contributed by atoms with Crippen LogP contribution in [0, 0.1) is 29.1 Å². The van der Waals surface area contributed by atoms with Gasteiger partial charge in [0, 0.05) is 12.3 Å². The fraction of sp³-hybridized carbons (Fsp3) is 0.688. The van der Waals surface area contributed by atoms with Gasteiger partial charge in [-0.05, 0) is 66.7 Å². The quantitative estimate of drug-likeness (QED) is 0.250. The molecule has 0 aromatic heterocycles. The van der Waals surface area contributed by atoms with Gasteiger partial charge in [0.1, 0.15) is 35.6 Å². The van der Waals surface area contributed by atoms with E-state index in [1.807, 2.05) is 0 Å². The van der Waals surface area contributed by atoms with Gasteiger partial charge in [0.05, 0.1) is 10.3 Å². The van der Waals surface area contributed by atoms with Crippen LogP contribution in [0.15, 0.2) is 17.0 Å². The first-order valence-electron chi connectivity index (χ1n) is 15.6. The lowest BCUT2D eigenvalue weighted by Gasteiger charge is -2.46. The van der Waals surface area contributed by atoms with Gasteiger partial charge < -0.3 is 18.9 Å². The molecule has 4 bridgehead atoms. The Morgan fingerprint density at radius 3 is 2.30 bits per heavy atom. The van der Waals surface area contributed by atoms with Crippen molar-refractivity contribution in [1.29, 1.82) is 0 Å². The molecule has 0 amide bonds. The lowest BCUT2D eigenvalue weighted by molar-refractivity contribution is -0.179. The summed E-state index contributed by atoms with van der Waals surface area (Å²) in [6, 6.07) is 2.57. The Balaban J connectivity index is 1.29. The summed E-state index contributed by atoms with van der Waals surface area (Å²) < 4.78 is 57.6. The van der Waals surface area contributed by atoms with E-state index in [9.17, 15) is 32.1 Å². The standard InChI is InChI=1S/C32H40O11S/c1-6-16-9-17-13-32(12-16,8-7-21(17)33)31(36)43-28-26-23(22-25(40-26)27(28)42-30(22)35)29(34)41-24-19(14(2)3)10-18(44(37,38)39)11-20(24)15(4)5/h10-11,14-17,22-23,25-28H,6-9,12-13H2,1-5H3,(H,37,38,39). The van der Waals surface area contributed by atoms with Gasteiger partial charge in [0.15, 0.2) is 12.2 Å². The van der Waals surface area contributed by atoms with Gasteiger partial charge in [-0.3, -0.25) is 23.7 Å². The number of ketones is 1. The monoisotopic (exact) mass is 632 g/mol. The van der Waals surface area contributed by atoms with E-state index >= 15 is 0 Å². The van der Waals surface area contributed by atoms with Crippen molar-refractivity contribution in [3.63, 3.8) is 0 Å². The maximum absolute atomic E-state index is 13.9. The molecule has 9 atom stereocenters. The van der Waals surface area contributed by atoms with E-state index in [1.54, 1.807) is 27.7 Å². The van der Waals surface area contributed by atoms with E-state index in [2.05, 4.69) is 6.92 Å². The number of carbonyl (C=O) groups is 4. The summed E-state index contributed by atoms with van der Waals surface area (Å²) in [5.41, 5.74) is 0.00329. The second-order valence-electron chi connectivity index (χ2n) is 13.9. The zero-order chi connectivity index (χ0) is 31.9. The summed E-state index contributed by atoms with van der Waals surface area (Å²) in [4.78, 5) is 53.1. The maximum atomic E-state index is 13.9. The van der Waals surface area contributed by atoms with E-state index in [0.717, 1.165) is 12.8 Å². The van der Waals surface area contributed by atoms with E-state index in [4.69, 9.17) is 18.9 Å². The lowest BCUT2D eigenvalue weighted by Crippen LogP contribution is -2.52. The fourth-order valence-electron chi connectivity index (χ4n) is 8.20. The zero-order valence-electron chi connectivity index (χ0n) is 25.6. The third-order valence-electron chi connectivity index (χ3n) is 10.5. The number of Topliss-reactive ketones (excluding diaryl/α,β-unsaturated/α-hetero) is 1. The molecule has 1 N–H and O–H groups in total. The van der Waals surface area contributed by atoms with Crippen molar-refractivity contribution in [1.82, 2.24) is 0 Å². The number of esters is 3. The van der Waals surface area contributed by atoms with Crippen LogP contribution in [0.5, 0.6) is 5.75 Å². The van der Waals surface area contributed by atoms with Crippen LogP contribution in [0.3, 0.4) is 0 Å². The minimum atomic E-state index is -4.53. The molecule has 3 aliphatic heterocycles. The van der Waals surface area contributed by atoms with Crippen molar-refractivity contribution in [3.05, 3.63) is 23.3 Å². The molecule has 5 fully saturated rings. The van der Waals surface area contributed by atoms with Crippen LogP contribution < -0.4 is 4.74 Å². The molecule has 44 heavy (non-hydrogen) atoms. The van der Waals surface area contributed by atoms with Crippen molar-refractivity contribution < 1.29 is 51.1 Å². The highest BCUT2D eigenvalue weighted by atomic mass is 32.2. The highest BCUT2D eigenvalue weighted by Crippen LogP contribution is 2.55. The van der Waals surface area contributed by atoms with Crippen molar-refractivity contribution >= 4 is 33.8 Å². The predicted molar refractivity (Wildman–Crippen MR) is 153 cm³/mol.